The first-order valence-corrected chi connectivity index (χ1v) is 10.3. The van der Waals surface area contributed by atoms with Crippen LogP contribution in [0.25, 0.3) is 0 Å². The third kappa shape index (κ3) is 3.02. The van der Waals surface area contributed by atoms with E-state index in [-0.39, 0.29) is 12.3 Å². The van der Waals surface area contributed by atoms with Crippen LogP contribution in [-0.4, -0.2) is 10.7 Å². The molecule has 2 aliphatic rings. The molecule has 5 rings (SSSR count). The molecule has 2 atom stereocenters. The van der Waals surface area contributed by atoms with E-state index in [0.717, 1.165) is 27.9 Å². The van der Waals surface area contributed by atoms with E-state index in [4.69, 9.17) is 9.84 Å². The molecule has 0 radical (unpaired) electrons. The fraction of sp³-hybridized carbons (Fsp3) is 0.208. The van der Waals surface area contributed by atoms with Crippen molar-refractivity contribution in [3.8, 4) is 5.75 Å². The van der Waals surface area contributed by atoms with Crippen LogP contribution in [0.2, 0.25) is 0 Å². The molecule has 0 aromatic heterocycles. The average molecular weight is 433 g/mol. The van der Waals surface area contributed by atoms with E-state index in [2.05, 4.69) is 95.5 Å². The zero-order valence-electron chi connectivity index (χ0n) is 15.9. The number of nitrogens with zero attached hydrogens (tertiary/aromatic N) is 2. The fourth-order valence-corrected chi connectivity index (χ4v) is 4.31. The Morgan fingerprint density at radius 1 is 0.929 bits per heavy atom. The van der Waals surface area contributed by atoms with Gasteiger partial charge < -0.3 is 4.74 Å². The maximum Gasteiger partial charge on any atom is 0.213 e. The second-order valence-electron chi connectivity index (χ2n) is 7.58. The molecule has 0 aliphatic carbocycles. The van der Waals surface area contributed by atoms with Crippen LogP contribution in [0.1, 0.15) is 46.5 Å². The van der Waals surface area contributed by atoms with Crippen molar-refractivity contribution in [3.05, 3.63) is 99.0 Å². The molecule has 3 aromatic carbocycles. The zero-order valence-corrected chi connectivity index (χ0v) is 17.5. The molecule has 3 nitrogen and oxygen atoms in total. The molecule has 0 fully saturated rings. The summed E-state index contributed by atoms with van der Waals surface area (Å²) in [7, 11) is 0. The number of hydrazone groups is 1. The van der Waals surface area contributed by atoms with E-state index >= 15 is 0 Å². The summed E-state index contributed by atoms with van der Waals surface area (Å²) in [6.45, 7) is 4.21. The summed E-state index contributed by atoms with van der Waals surface area (Å²) < 4.78 is 7.49. The van der Waals surface area contributed by atoms with Crippen molar-refractivity contribution < 1.29 is 4.74 Å². The number of aryl methyl sites for hydroxylation is 2. The maximum absolute atomic E-state index is 6.43. The first-order chi connectivity index (χ1) is 13.6. The molecule has 2 heterocycles. The van der Waals surface area contributed by atoms with E-state index in [0.29, 0.717) is 0 Å². The molecule has 0 N–H and O–H groups in total. The minimum Gasteiger partial charge on any atom is -0.464 e. The highest BCUT2D eigenvalue weighted by Crippen LogP contribution is 2.48. The standard InChI is InChI=1S/C24H21BrN2O/c1-15-3-7-17(8-4-15)21-14-22-20-13-19(25)11-12-23(20)28-24(27(22)26-21)18-9-5-16(2)6-10-18/h3-13,22,24H,14H2,1-2H3/t22-,24+/m1/s1. The lowest BCUT2D eigenvalue weighted by molar-refractivity contribution is -0.0190. The molecule has 2 aliphatic heterocycles. The van der Waals surface area contributed by atoms with Gasteiger partial charge >= 0.3 is 0 Å². The van der Waals surface area contributed by atoms with Gasteiger partial charge in [-0.1, -0.05) is 75.6 Å². The van der Waals surface area contributed by atoms with E-state index in [1.54, 1.807) is 0 Å². The SMILES string of the molecule is Cc1ccc(C2=NN3[C@H](C2)c2cc(Br)ccc2O[C@H]3c2ccc(C)cc2)cc1. The summed E-state index contributed by atoms with van der Waals surface area (Å²) in [5.41, 5.74) is 7.10. The quantitative estimate of drug-likeness (QED) is 0.473. The van der Waals surface area contributed by atoms with E-state index in [9.17, 15) is 0 Å². The number of benzene rings is 3. The molecule has 0 amide bonds. The molecule has 28 heavy (non-hydrogen) atoms. The van der Waals surface area contributed by atoms with Crippen LogP contribution < -0.4 is 4.74 Å². The molecule has 0 bridgehead atoms. The third-order valence-corrected chi connectivity index (χ3v) is 5.99. The molecule has 0 spiro atoms. The van der Waals surface area contributed by atoms with E-state index in [1.165, 1.54) is 22.3 Å². The minimum atomic E-state index is -0.220. The van der Waals surface area contributed by atoms with Gasteiger partial charge in [-0.15, -0.1) is 0 Å². The highest BCUT2D eigenvalue weighted by molar-refractivity contribution is 9.10. The second kappa shape index (κ2) is 6.78. The van der Waals surface area contributed by atoms with Gasteiger partial charge in [0, 0.05) is 22.0 Å². The highest BCUT2D eigenvalue weighted by atomic mass is 79.9. The normalized spacial score (nSPS) is 20.2. The molecule has 140 valence electrons. The number of hydrogen-bond donors (Lipinski definition) is 0. The number of fused-ring (bicyclic) bond motifs is 3. The Hall–Kier alpha value is -2.59. The van der Waals surface area contributed by atoms with Crippen molar-refractivity contribution in [2.45, 2.75) is 32.5 Å². The lowest BCUT2D eigenvalue weighted by Gasteiger charge is -2.38. The van der Waals surface area contributed by atoms with Gasteiger partial charge in [0.2, 0.25) is 6.23 Å². The molecule has 4 heteroatoms. The topological polar surface area (TPSA) is 24.8 Å². The Kier molecular flexibility index (Phi) is 4.24. The van der Waals surface area contributed by atoms with Gasteiger partial charge in [0.15, 0.2) is 0 Å². The molecule has 3 aromatic rings. The lowest BCUT2D eigenvalue weighted by Crippen LogP contribution is -2.33. The van der Waals surface area contributed by atoms with Gasteiger partial charge in [-0.05, 0) is 37.6 Å². The summed E-state index contributed by atoms with van der Waals surface area (Å²) in [4.78, 5) is 0. The first-order valence-electron chi connectivity index (χ1n) is 9.54. The highest BCUT2D eigenvalue weighted by Gasteiger charge is 2.41. The van der Waals surface area contributed by atoms with Crippen LogP contribution in [-0.2, 0) is 0 Å². The van der Waals surface area contributed by atoms with Crippen LogP contribution in [0.15, 0.2) is 76.3 Å². The van der Waals surface area contributed by atoms with Gasteiger partial charge in [0.25, 0.3) is 0 Å². The van der Waals surface area contributed by atoms with Crippen LogP contribution in [0.4, 0.5) is 0 Å². The van der Waals surface area contributed by atoms with Crippen LogP contribution in [0, 0.1) is 13.8 Å². The van der Waals surface area contributed by atoms with Gasteiger partial charge in [-0.3, -0.25) is 0 Å². The van der Waals surface area contributed by atoms with E-state index in [1.807, 2.05) is 6.07 Å². The maximum atomic E-state index is 6.43. The van der Waals surface area contributed by atoms with Crippen molar-refractivity contribution >= 4 is 21.6 Å². The summed E-state index contributed by atoms with van der Waals surface area (Å²) in [6.07, 6.45) is 0.653. The minimum absolute atomic E-state index is 0.170. The molecular formula is C24H21BrN2O. The Balaban J connectivity index is 1.59. The summed E-state index contributed by atoms with van der Waals surface area (Å²) in [6, 6.07) is 23.6. The molecule has 0 saturated heterocycles. The van der Waals surface area contributed by atoms with Crippen LogP contribution in [0.3, 0.4) is 0 Å². The second-order valence-corrected chi connectivity index (χ2v) is 8.49. The van der Waals surface area contributed by atoms with Crippen LogP contribution in [0.5, 0.6) is 5.75 Å². The van der Waals surface area contributed by atoms with Crippen molar-refractivity contribution in [1.82, 2.24) is 5.01 Å². The predicted molar refractivity (Wildman–Crippen MR) is 116 cm³/mol. The largest absolute Gasteiger partial charge is 0.464 e. The van der Waals surface area contributed by atoms with Gasteiger partial charge in [0.05, 0.1) is 11.8 Å². The Labute approximate surface area is 173 Å². The summed E-state index contributed by atoms with van der Waals surface area (Å²) in [5, 5.41) is 7.16. The lowest BCUT2D eigenvalue weighted by atomic mass is 9.95. The van der Waals surface area contributed by atoms with Crippen molar-refractivity contribution in [2.75, 3.05) is 0 Å². The number of halogens is 1. The Morgan fingerprint density at radius 3 is 2.32 bits per heavy atom. The van der Waals surface area contributed by atoms with Crippen molar-refractivity contribution in [3.63, 3.8) is 0 Å². The third-order valence-electron chi connectivity index (χ3n) is 5.50. The first kappa shape index (κ1) is 17.5. The van der Waals surface area contributed by atoms with Crippen molar-refractivity contribution in [1.29, 1.82) is 0 Å². The van der Waals surface area contributed by atoms with Crippen LogP contribution >= 0.6 is 15.9 Å². The molecule has 0 saturated carbocycles. The summed E-state index contributed by atoms with van der Waals surface area (Å²) >= 11 is 3.61. The number of ether oxygens (including phenoxy) is 1. The van der Waals surface area contributed by atoms with Gasteiger partial charge in [-0.25, -0.2) is 5.01 Å². The summed E-state index contributed by atoms with van der Waals surface area (Å²) in [5.74, 6) is 0.940. The average Bonchev–Trinajstić information content (AvgIpc) is 3.14. The Bertz CT molecular complexity index is 1060. The smallest absolute Gasteiger partial charge is 0.213 e. The van der Waals surface area contributed by atoms with Gasteiger partial charge in [-0.2, -0.15) is 5.10 Å². The predicted octanol–water partition coefficient (Wildman–Crippen LogP) is 6.31. The number of hydrogen-bond acceptors (Lipinski definition) is 3. The zero-order chi connectivity index (χ0) is 19.3. The number of rotatable bonds is 2. The van der Waals surface area contributed by atoms with Gasteiger partial charge in [0.1, 0.15) is 5.75 Å². The molecule has 0 unspecified atom stereocenters. The fourth-order valence-electron chi connectivity index (χ4n) is 3.93. The Morgan fingerprint density at radius 2 is 1.61 bits per heavy atom. The van der Waals surface area contributed by atoms with Crippen molar-refractivity contribution in [2.24, 2.45) is 5.10 Å². The van der Waals surface area contributed by atoms with E-state index < -0.39 is 0 Å². The monoisotopic (exact) mass is 432 g/mol. The molecular weight excluding hydrogens is 412 g/mol.